The van der Waals surface area contributed by atoms with Crippen LogP contribution in [0.3, 0.4) is 0 Å². The van der Waals surface area contributed by atoms with Crippen molar-refractivity contribution in [2.75, 3.05) is 13.6 Å². The number of rotatable bonds is 3. The maximum atomic E-state index is 6.23. The Bertz CT molecular complexity index is 169. The third-order valence-corrected chi connectivity index (χ3v) is 3.86. The molecule has 0 aromatic carbocycles. The minimum absolute atomic E-state index is 0.178. The van der Waals surface area contributed by atoms with Crippen LogP contribution in [0.4, 0.5) is 0 Å². The van der Waals surface area contributed by atoms with E-state index in [9.17, 15) is 0 Å². The highest BCUT2D eigenvalue weighted by Crippen LogP contribution is 2.31. The van der Waals surface area contributed by atoms with Crippen molar-refractivity contribution >= 4 is 0 Å². The van der Waals surface area contributed by atoms with Crippen LogP contribution in [0.15, 0.2) is 0 Å². The lowest BCUT2D eigenvalue weighted by molar-refractivity contribution is 0.133. The van der Waals surface area contributed by atoms with Crippen LogP contribution in [-0.4, -0.2) is 30.1 Å². The van der Waals surface area contributed by atoms with Gasteiger partial charge in [0.1, 0.15) is 0 Å². The third kappa shape index (κ3) is 2.05. The molecule has 0 spiro atoms. The topological polar surface area (TPSA) is 29.3 Å². The maximum Gasteiger partial charge on any atom is 0.0283 e. The minimum Gasteiger partial charge on any atom is -0.324 e. The number of likely N-dealkylation sites (N-methyl/N-ethyl adjacent to an activating group) is 1. The highest BCUT2D eigenvalue weighted by Gasteiger charge is 2.35. The van der Waals surface area contributed by atoms with Gasteiger partial charge in [-0.15, -0.1) is 0 Å². The van der Waals surface area contributed by atoms with Gasteiger partial charge in [0.05, 0.1) is 0 Å². The highest BCUT2D eigenvalue weighted by molar-refractivity contribution is 4.96. The highest BCUT2D eigenvalue weighted by atomic mass is 15.2. The second-order valence-corrected chi connectivity index (χ2v) is 5.07. The Hall–Kier alpha value is -0.0800. The predicted octanol–water partition coefficient (Wildman–Crippen LogP) is 1.74. The van der Waals surface area contributed by atoms with Gasteiger partial charge in [-0.1, -0.05) is 12.8 Å². The molecular formula is C11H22N2. The first-order valence-electron chi connectivity index (χ1n) is 5.69. The molecule has 76 valence electrons. The van der Waals surface area contributed by atoms with Crippen molar-refractivity contribution in [1.29, 1.82) is 0 Å². The molecule has 2 nitrogen and oxygen atoms in total. The molecular weight excluding hydrogens is 160 g/mol. The van der Waals surface area contributed by atoms with Crippen LogP contribution in [0.5, 0.6) is 0 Å². The van der Waals surface area contributed by atoms with E-state index in [0.29, 0.717) is 0 Å². The molecule has 0 bridgehead atoms. The molecule has 2 aliphatic rings. The maximum absolute atomic E-state index is 6.23. The summed E-state index contributed by atoms with van der Waals surface area (Å²) >= 11 is 0. The lowest BCUT2D eigenvalue weighted by atomic mass is 9.77. The summed E-state index contributed by atoms with van der Waals surface area (Å²) in [6.45, 7) is 1.12. The van der Waals surface area contributed by atoms with Crippen molar-refractivity contribution in [2.24, 2.45) is 5.73 Å². The zero-order valence-electron chi connectivity index (χ0n) is 8.76. The van der Waals surface area contributed by atoms with Crippen LogP contribution in [0, 0.1) is 0 Å². The summed E-state index contributed by atoms with van der Waals surface area (Å²) in [5, 5.41) is 0. The summed E-state index contributed by atoms with van der Waals surface area (Å²) in [4.78, 5) is 2.51. The summed E-state index contributed by atoms with van der Waals surface area (Å²) < 4.78 is 0. The second-order valence-electron chi connectivity index (χ2n) is 5.07. The molecule has 0 aliphatic heterocycles. The SMILES string of the molecule is CN(CC1(N)CCC1)C1CCCC1. The fourth-order valence-corrected chi connectivity index (χ4v) is 2.76. The molecule has 2 N–H and O–H groups in total. The molecule has 2 saturated carbocycles. The summed E-state index contributed by atoms with van der Waals surface area (Å²) in [5.41, 5.74) is 6.41. The van der Waals surface area contributed by atoms with E-state index < -0.39 is 0 Å². The average molecular weight is 182 g/mol. The van der Waals surface area contributed by atoms with Crippen LogP contribution in [0.1, 0.15) is 44.9 Å². The van der Waals surface area contributed by atoms with Crippen LogP contribution in [-0.2, 0) is 0 Å². The molecule has 0 radical (unpaired) electrons. The Morgan fingerprint density at radius 2 is 1.85 bits per heavy atom. The van der Waals surface area contributed by atoms with Crippen molar-refractivity contribution < 1.29 is 0 Å². The molecule has 0 aromatic rings. The number of nitrogens with two attached hydrogens (primary N) is 1. The number of hydrogen-bond donors (Lipinski definition) is 1. The fourth-order valence-electron chi connectivity index (χ4n) is 2.76. The quantitative estimate of drug-likeness (QED) is 0.720. The van der Waals surface area contributed by atoms with E-state index in [0.717, 1.165) is 12.6 Å². The zero-order chi connectivity index (χ0) is 9.31. The van der Waals surface area contributed by atoms with Gasteiger partial charge in [0, 0.05) is 18.1 Å². The normalized spacial score (nSPS) is 27.9. The molecule has 0 unspecified atom stereocenters. The smallest absolute Gasteiger partial charge is 0.0283 e. The van der Waals surface area contributed by atoms with Gasteiger partial charge in [-0.25, -0.2) is 0 Å². The minimum atomic E-state index is 0.178. The molecule has 2 fully saturated rings. The Balaban J connectivity index is 1.79. The van der Waals surface area contributed by atoms with E-state index in [4.69, 9.17) is 5.73 Å². The zero-order valence-corrected chi connectivity index (χ0v) is 8.76. The van der Waals surface area contributed by atoms with Crippen LogP contribution < -0.4 is 5.73 Å². The molecule has 2 heteroatoms. The van der Waals surface area contributed by atoms with E-state index >= 15 is 0 Å². The van der Waals surface area contributed by atoms with Crippen molar-refractivity contribution in [3.8, 4) is 0 Å². The third-order valence-electron chi connectivity index (χ3n) is 3.86. The van der Waals surface area contributed by atoms with Gasteiger partial charge >= 0.3 is 0 Å². The van der Waals surface area contributed by atoms with Crippen LogP contribution in [0.2, 0.25) is 0 Å². The summed E-state index contributed by atoms with van der Waals surface area (Å²) in [7, 11) is 2.25. The van der Waals surface area contributed by atoms with Gasteiger partial charge in [0.15, 0.2) is 0 Å². The Morgan fingerprint density at radius 3 is 2.31 bits per heavy atom. The first-order chi connectivity index (χ1) is 6.20. The molecule has 0 heterocycles. The summed E-state index contributed by atoms with van der Waals surface area (Å²) in [5.74, 6) is 0. The van der Waals surface area contributed by atoms with E-state index in [-0.39, 0.29) is 5.54 Å². The molecule has 2 aliphatic carbocycles. The molecule has 0 atom stereocenters. The predicted molar refractivity (Wildman–Crippen MR) is 55.7 cm³/mol. The standard InChI is InChI=1S/C11H22N2/c1-13(10-5-2-3-6-10)9-11(12)7-4-8-11/h10H,2-9,12H2,1H3. The fraction of sp³-hybridized carbons (Fsp3) is 1.00. The van der Waals surface area contributed by atoms with Gasteiger partial charge < -0.3 is 10.6 Å². The van der Waals surface area contributed by atoms with E-state index in [2.05, 4.69) is 11.9 Å². The lowest BCUT2D eigenvalue weighted by Crippen LogP contribution is -2.55. The number of hydrogen-bond acceptors (Lipinski definition) is 2. The van der Waals surface area contributed by atoms with E-state index in [1.165, 1.54) is 44.9 Å². The van der Waals surface area contributed by atoms with Gasteiger partial charge in [-0.2, -0.15) is 0 Å². The monoisotopic (exact) mass is 182 g/mol. The Kier molecular flexibility index (Phi) is 2.61. The van der Waals surface area contributed by atoms with Gasteiger partial charge in [-0.05, 0) is 39.2 Å². The van der Waals surface area contributed by atoms with E-state index in [1.807, 2.05) is 0 Å². The molecule has 13 heavy (non-hydrogen) atoms. The second kappa shape index (κ2) is 3.58. The molecule has 2 rings (SSSR count). The van der Waals surface area contributed by atoms with Crippen molar-refractivity contribution in [1.82, 2.24) is 4.90 Å². The first kappa shape index (κ1) is 9.47. The van der Waals surface area contributed by atoms with E-state index in [1.54, 1.807) is 0 Å². The molecule has 0 aromatic heterocycles. The summed E-state index contributed by atoms with van der Waals surface area (Å²) in [6, 6.07) is 0.834. The Labute approximate surface area is 81.5 Å². The van der Waals surface area contributed by atoms with Crippen LogP contribution >= 0.6 is 0 Å². The first-order valence-corrected chi connectivity index (χ1v) is 5.69. The van der Waals surface area contributed by atoms with Crippen molar-refractivity contribution in [2.45, 2.75) is 56.5 Å². The van der Waals surface area contributed by atoms with Gasteiger partial charge in [0.25, 0.3) is 0 Å². The largest absolute Gasteiger partial charge is 0.324 e. The van der Waals surface area contributed by atoms with Crippen molar-refractivity contribution in [3.63, 3.8) is 0 Å². The summed E-state index contributed by atoms with van der Waals surface area (Å²) in [6.07, 6.45) is 9.46. The van der Waals surface area contributed by atoms with Crippen molar-refractivity contribution in [3.05, 3.63) is 0 Å². The van der Waals surface area contributed by atoms with Crippen LogP contribution in [0.25, 0.3) is 0 Å². The lowest BCUT2D eigenvalue weighted by Gasteiger charge is -2.42. The molecule has 0 saturated heterocycles. The van der Waals surface area contributed by atoms with Gasteiger partial charge in [-0.3, -0.25) is 0 Å². The average Bonchev–Trinajstić information content (AvgIpc) is 2.53. The molecule has 0 amide bonds. The Morgan fingerprint density at radius 1 is 1.23 bits per heavy atom. The van der Waals surface area contributed by atoms with Gasteiger partial charge in [0.2, 0.25) is 0 Å². The number of nitrogens with zero attached hydrogens (tertiary/aromatic N) is 1.